The molecule has 0 spiro atoms. The molecule has 2 N–H and O–H groups in total. The van der Waals surface area contributed by atoms with Crippen molar-refractivity contribution in [3.8, 4) is 11.8 Å². The molecular weight excluding hydrogens is 284 g/mol. The summed E-state index contributed by atoms with van der Waals surface area (Å²) in [6.07, 6.45) is 0. The number of rotatable bonds is 2. The van der Waals surface area contributed by atoms with Gasteiger partial charge in [-0.05, 0) is 25.3 Å². The molecule has 1 aliphatic rings. The zero-order chi connectivity index (χ0) is 14.3. The Bertz CT molecular complexity index is 677. The van der Waals surface area contributed by atoms with Gasteiger partial charge in [0.15, 0.2) is 4.75 Å². The molecule has 1 aliphatic heterocycles. The molecule has 1 aromatic heterocycles. The summed E-state index contributed by atoms with van der Waals surface area (Å²) >= 11 is 1.38. The molecular formula is C12H14N2O3S2. The van der Waals surface area contributed by atoms with E-state index in [9.17, 15) is 13.2 Å². The van der Waals surface area contributed by atoms with Crippen molar-refractivity contribution >= 4 is 27.3 Å². The first-order valence-electron chi connectivity index (χ1n) is 5.64. The second kappa shape index (κ2) is 4.63. The normalized spacial score (nSPS) is 19.5. The van der Waals surface area contributed by atoms with Gasteiger partial charge in [-0.1, -0.05) is 11.8 Å². The lowest BCUT2D eigenvalue weighted by Crippen LogP contribution is -2.66. The highest BCUT2D eigenvalue weighted by Crippen LogP contribution is 2.37. The minimum Gasteiger partial charge on any atom is -0.320 e. The molecule has 0 atom stereocenters. The van der Waals surface area contributed by atoms with E-state index in [-0.39, 0.29) is 19.0 Å². The van der Waals surface area contributed by atoms with E-state index in [0.717, 1.165) is 14.7 Å². The van der Waals surface area contributed by atoms with Crippen molar-refractivity contribution in [1.29, 1.82) is 0 Å². The van der Waals surface area contributed by atoms with Crippen molar-refractivity contribution < 1.29 is 13.2 Å². The average molecular weight is 298 g/mol. The number of thiophene rings is 1. The van der Waals surface area contributed by atoms with Crippen LogP contribution in [0.25, 0.3) is 0 Å². The Morgan fingerprint density at radius 3 is 2.74 bits per heavy atom. The third kappa shape index (κ3) is 2.06. The smallest absolute Gasteiger partial charge is 0.259 e. The Balaban J connectivity index is 2.25. The molecule has 1 fully saturated rings. The number of nitrogens with two attached hydrogens (primary N) is 1. The van der Waals surface area contributed by atoms with Crippen LogP contribution in [-0.4, -0.2) is 29.9 Å². The van der Waals surface area contributed by atoms with Gasteiger partial charge in [-0.2, -0.15) is 0 Å². The van der Waals surface area contributed by atoms with Crippen LogP contribution in [0.4, 0.5) is 0 Å². The molecule has 19 heavy (non-hydrogen) atoms. The van der Waals surface area contributed by atoms with E-state index in [1.165, 1.54) is 25.2 Å². The molecule has 0 aliphatic carbocycles. The van der Waals surface area contributed by atoms with Gasteiger partial charge < -0.3 is 5.73 Å². The molecule has 0 unspecified atom stereocenters. The van der Waals surface area contributed by atoms with Gasteiger partial charge >= 0.3 is 0 Å². The summed E-state index contributed by atoms with van der Waals surface area (Å²) in [5.74, 6) is 5.22. The van der Waals surface area contributed by atoms with E-state index < -0.39 is 14.8 Å². The molecule has 0 bridgehead atoms. The molecule has 7 heteroatoms. The van der Waals surface area contributed by atoms with Crippen LogP contribution in [0.15, 0.2) is 11.4 Å². The predicted octanol–water partition coefficient (Wildman–Crippen LogP) is 0.509. The fourth-order valence-electron chi connectivity index (χ4n) is 1.76. The van der Waals surface area contributed by atoms with Crippen LogP contribution >= 0.6 is 11.3 Å². The van der Waals surface area contributed by atoms with Gasteiger partial charge in [0.25, 0.3) is 15.9 Å². The summed E-state index contributed by atoms with van der Waals surface area (Å²) in [4.78, 5) is 12.6. The number of amides is 1. The third-order valence-electron chi connectivity index (χ3n) is 3.03. The molecule has 1 aromatic rings. The van der Waals surface area contributed by atoms with Crippen molar-refractivity contribution in [1.82, 2.24) is 4.31 Å². The van der Waals surface area contributed by atoms with Crippen molar-refractivity contribution in [2.45, 2.75) is 25.1 Å². The molecule has 0 aromatic carbocycles. The molecule has 102 valence electrons. The molecule has 1 saturated heterocycles. The zero-order valence-electron chi connectivity index (χ0n) is 10.6. The number of hydrogen-bond acceptors (Lipinski definition) is 5. The number of carbonyl (C=O) groups excluding carboxylic acids is 1. The van der Waals surface area contributed by atoms with Crippen LogP contribution in [0.5, 0.6) is 0 Å². The number of carbonyl (C=O) groups is 1. The summed E-state index contributed by atoms with van der Waals surface area (Å²) in [6.45, 7) is 3.13. The standard InChI is InChI=1S/C12H14N2O3S2/c1-12(2)11(15)14(19(12,16)17)8-10-9(4-3-6-13)5-7-18-10/h5,7H,6,8,13H2,1-2H3. The van der Waals surface area contributed by atoms with Crippen LogP contribution in [0.1, 0.15) is 24.3 Å². The van der Waals surface area contributed by atoms with Crippen LogP contribution in [0, 0.1) is 11.8 Å². The quantitative estimate of drug-likeness (QED) is 0.807. The Hall–Kier alpha value is -1.36. The van der Waals surface area contributed by atoms with E-state index in [1.807, 2.05) is 5.38 Å². The van der Waals surface area contributed by atoms with Gasteiger partial charge in [0.2, 0.25) is 0 Å². The fourth-order valence-corrected chi connectivity index (χ4v) is 4.16. The van der Waals surface area contributed by atoms with Gasteiger partial charge in [0, 0.05) is 10.4 Å². The molecule has 2 heterocycles. The van der Waals surface area contributed by atoms with E-state index in [0.29, 0.717) is 0 Å². The molecule has 1 amide bonds. The van der Waals surface area contributed by atoms with Crippen LogP contribution in [0.2, 0.25) is 0 Å². The molecule has 2 rings (SSSR count). The SMILES string of the molecule is CC1(C)C(=O)N(Cc2sccc2C#CCN)S1(=O)=O. The monoisotopic (exact) mass is 298 g/mol. The zero-order valence-corrected chi connectivity index (χ0v) is 12.3. The minimum atomic E-state index is -3.55. The number of sulfonamides is 1. The minimum absolute atomic E-state index is 0.0524. The average Bonchev–Trinajstić information content (AvgIpc) is 2.79. The Morgan fingerprint density at radius 2 is 2.16 bits per heavy atom. The number of nitrogens with zero attached hydrogens (tertiary/aromatic N) is 1. The molecule has 0 saturated carbocycles. The van der Waals surface area contributed by atoms with Gasteiger partial charge in [0.1, 0.15) is 0 Å². The maximum Gasteiger partial charge on any atom is 0.259 e. The Kier molecular flexibility index (Phi) is 3.43. The van der Waals surface area contributed by atoms with Crippen molar-refractivity contribution in [2.24, 2.45) is 5.73 Å². The van der Waals surface area contributed by atoms with E-state index in [2.05, 4.69) is 11.8 Å². The fraction of sp³-hybridized carbons (Fsp3) is 0.417. The van der Waals surface area contributed by atoms with Gasteiger partial charge in [-0.3, -0.25) is 4.79 Å². The van der Waals surface area contributed by atoms with Crippen LogP contribution < -0.4 is 5.73 Å². The first kappa shape index (κ1) is 14.1. The van der Waals surface area contributed by atoms with E-state index in [4.69, 9.17) is 5.73 Å². The second-order valence-electron chi connectivity index (χ2n) is 4.59. The lowest BCUT2D eigenvalue weighted by molar-refractivity contribution is -0.132. The summed E-state index contributed by atoms with van der Waals surface area (Å²) < 4.78 is 23.6. The maximum absolute atomic E-state index is 12.0. The first-order valence-corrected chi connectivity index (χ1v) is 7.96. The highest BCUT2D eigenvalue weighted by molar-refractivity contribution is 7.94. The van der Waals surface area contributed by atoms with Crippen molar-refractivity contribution in [2.75, 3.05) is 6.54 Å². The Labute approximate surface area is 116 Å². The van der Waals surface area contributed by atoms with Gasteiger partial charge in [0.05, 0.1) is 13.1 Å². The third-order valence-corrected chi connectivity index (χ3v) is 6.28. The van der Waals surface area contributed by atoms with Crippen molar-refractivity contribution in [3.63, 3.8) is 0 Å². The van der Waals surface area contributed by atoms with Gasteiger partial charge in [-0.15, -0.1) is 11.3 Å². The predicted molar refractivity (Wildman–Crippen MR) is 73.8 cm³/mol. The maximum atomic E-state index is 12.0. The lowest BCUT2D eigenvalue weighted by atomic mass is 10.2. The topological polar surface area (TPSA) is 80.5 Å². The first-order chi connectivity index (χ1) is 8.82. The van der Waals surface area contributed by atoms with Crippen LogP contribution in [0.3, 0.4) is 0 Å². The van der Waals surface area contributed by atoms with Crippen molar-refractivity contribution in [3.05, 3.63) is 21.9 Å². The summed E-state index contributed by atoms with van der Waals surface area (Å²) in [6, 6.07) is 1.80. The summed E-state index contributed by atoms with van der Waals surface area (Å²) in [5.41, 5.74) is 6.03. The molecule has 5 nitrogen and oxygen atoms in total. The van der Waals surface area contributed by atoms with E-state index in [1.54, 1.807) is 6.07 Å². The van der Waals surface area contributed by atoms with Crippen LogP contribution in [-0.2, 0) is 21.4 Å². The highest BCUT2D eigenvalue weighted by Gasteiger charge is 2.60. The summed E-state index contributed by atoms with van der Waals surface area (Å²) in [5, 5.41) is 1.82. The molecule has 0 radical (unpaired) electrons. The Morgan fingerprint density at radius 1 is 1.47 bits per heavy atom. The van der Waals surface area contributed by atoms with E-state index >= 15 is 0 Å². The lowest BCUT2D eigenvalue weighted by Gasteiger charge is -2.42. The number of hydrogen-bond donors (Lipinski definition) is 1. The van der Waals surface area contributed by atoms with Gasteiger partial charge in [-0.25, -0.2) is 12.7 Å². The second-order valence-corrected chi connectivity index (χ2v) is 8.00. The largest absolute Gasteiger partial charge is 0.320 e. The summed E-state index contributed by atoms with van der Waals surface area (Å²) in [7, 11) is -3.55. The highest BCUT2D eigenvalue weighted by atomic mass is 32.2.